The summed E-state index contributed by atoms with van der Waals surface area (Å²) in [6.07, 6.45) is 1.53. The van der Waals surface area contributed by atoms with Crippen LogP contribution in [0, 0.1) is 0 Å². The van der Waals surface area contributed by atoms with E-state index in [9.17, 15) is 4.79 Å². The number of hydrogen-bond donors (Lipinski definition) is 0. The highest BCUT2D eigenvalue weighted by atomic mass is 79.9. The molecule has 1 aromatic carbocycles. The molecular weight excluding hydrogens is 360 g/mol. The lowest BCUT2D eigenvalue weighted by atomic mass is 10.2. The van der Waals surface area contributed by atoms with Gasteiger partial charge in [-0.15, -0.1) is 0 Å². The molecule has 0 atom stereocenters. The molecule has 0 bridgehead atoms. The number of anilines is 1. The molecule has 0 aliphatic carbocycles. The normalized spacial score (nSPS) is 10.3. The van der Waals surface area contributed by atoms with Crippen molar-refractivity contribution in [1.82, 2.24) is 4.98 Å². The van der Waals surface area contributed by atoms with Crippen molar-refractivity contribution in [3.63, 3.8) is 0 Å². The zero-order chi connectivity index (χ0) is 16.8. The van der Waals surface area contributed by atoms with E-state index in [-0.39, 0.29) is 5.97 Å². The monoisotopic (exact) mass is 378 g/mol. The van der Waals surface area contributed by atoms with Gasteiger partial charge in [0.05, 0.1) is 19.3 Å². The molecule has 5 nitrogen and oxygen atoms in total. The first-order chi connectivity index (χ1) is 11.0. The summed E-state index contributed by atoms with van der Waals surface area (Å²) >= 11 is 3.47. The highest BCUT2D eigenvalue weighted by Gasteiger charge is 2.11. The summed E-state index contributed by atoms with van der Waals surface area (Å²) in [5.74, 6) is 1.23. The first-order valence-corrected chi connectivity index (χ1v) is 8.01. The Balaban J connectivity index is 2.13. The molecule has 122 valence electrons. The van der Waals surface area contributed by atoms with Crippen LogP contribution >= 0.6 is 15.9 Å². The fraction of sp³-hybridized carbons (Fsp3) is 0.294. The second-order valence-corrected chi connectivity index (χ2v) is 5.85. The van der Waals surface area contributed by atoms with Gasteiger partial charge in [0, 0.05) is 29.8 Å². The number of methoxy groups -OCH3 is 1. The molecule has 23 heavy (non-hydrogen) atoms. The number of rotatable bonds is 6. The molecule has 6 heteroatoms. The third-order valence-electron chi connectivity index (χ3n) is 3.30. The Bertz CT molecular complexity index is 674. The van der Waals surface area contributed by atoms with Gasteiger partial charge in [-0.3, -0.25) is 0 Å². The van der Waals surface area contributed by atoms with Gasteiger partial charge in [0.1, 0.15) is 11.6 Å². The van der Waals surface area contributed by atoms with Crippen molar-refractivity contribution in [2.24, 2.45) is 0 Å². The topological polar surface area (TPSA) is 51.7 Å². The number of nitrogens with zero attached hydrogens (tertiary/aromatic N) is 2. The predicted octanol–water partition coefficient (Wildman–Crippen LogP) is 3.67. The van der Waals surface area contributed by atoms with E-state index in [1.807, 2.05) is 30.1 Å². The van der Waals surface area contributed by atoms with Crippen molar-refractivity contribution >= 4 is 27.7 Å². The smallest absolute Gasteiger partial charge is 0.339 e. The summed E-state index contributed by atoms with van der Waals surface area (Å²) in [7, 11) is 3.59. The van der Waals surface area contributed by atoms with Gasteiger partial charge >= 0.3 is 5.97 Å². The summed E-state index contributed by atoms with van der Waals surface area (Å²) in [6, 6.07) is 9.40. The maximum Gasteiger partial charge on any atom is 0.339 e. The van der Waals surface area contributed by atoms with Crippen LogP contribution in [0.15, 0.2) is 41.0 Å². The molecule has 0 unspecified atom stereocenters. The molecular formula is C17H19BrN2O3. The number of aromatic nitrogens is 1. The van der Waals surface area contributed by atoms with Crippen LogP contribution in [0.2, 0.25) is 0 Å². The maximum atomic E-state index is 11.6. The van der Waals surface area contributed by atoms with Crippen LogP contribution in [0.3, 0.4) is 0 Å². The number of benzene rings is 1. The molecule has 2 rings (SSSR count). The Labute approximate surface area is 144 Å². The van der Waals surface area contributed by atoms with Gasteiger partial charge in [0.15, 0.2) is 0 Å². The standard InChI is InChI=1S/C17H19BrN2O3/c1-4-23-17(21)12-5-8-16(19-10-12)20(2)11-13-9-14(18)6-7-15(13)22-3/h5-10H,4,11H2,1-3H3. The molecule has 1 heterocycles. The Hall–Kier alpha value is -2.08. The molecule has 0 saturated heterocycles. The number of halogens is 1. The van der Waals surface area contributed by atoms with Crippen molar-refractivity contribution in [2.75, 3.05) is 25.7 Å². The lowest BCUT2D eigenvalue weighted by molar-refractivity contribution is 0.0526. The van der Waals surface area contributed by atoms with Crippen LogP contribution in [0.25, 0.3) is 0 Å². The van der Waals surface area contributed by atoms with Crippen molar-refractivity contribution in [2.45, 2.75) is 13.5 Å². The number of hydrogen-bond acceptors (Lipinski definition) is 5. The van der Waals surface area contributed by atoms with E-state index in [0.717, 1.165) is 21.6 Å². The SMILES string of the molecule is CCOC(=O)c1ccc(N(C)Cc2cc(Br)ccc2OC)nc1. The van der Waals surface area contributed by atoms with Gasteiger partial charge in [0.25, 0.3) is 0 Å². The van der Waals surface area contributed by atoms with Crippen molar-refractivity contribution in [1.29, 1.82) is 0 Å². The summed E-state index contributed by atoms with van der Waals surface area (Å²) in [4.78, 5) is 18.0. The van der Waals surface area contributed by atoms with Gasteiger partial charge in [-0.1, -0.05) is 15.9 Å². The molecule has 0 fully saturated rings. The molecule has 1 aromatic heterocycles. The fourth-order valence-corrected chi connectivity index (χ4v) is 2.56. The van der Waals surface area contributed by atoms with E-state index in [4.69, 9.17) is 9.47 Å². The van der Waals surface area contributed by atoms with Crippen LogP contribution in [0.1, 0.15) is 22.8 Å². The first kappa shape index (κ1) is 17.3. The molecule has 0 amide bonds. The number of pyridine rings is 1. The lowest BCUT2D eigenvalue weighted by Gasteiger charge is -2.20. The molecule has 0 saturated carbocycles. The summed E-state index contributed by atoms with van der Waals surface area (Å²) < 4.78 is 11.3. The summed E-state index contributed by atoms with van der Waals surface area (Å²) in [6.45, 7) is 2.76. The highest BCUT2D eigenvalue weighted by Crippen LogP contribution is 2.25. The zero-order valence-corrected chi connectivity index (χ0v) is 15.0. The van der Waals surface area contributed by atoms with E-state index < -0.39 is 0 Å². The Kier molecular flexibility index (Phi) is 5.98. The number of esters is 1. The maximum absolute atomic E-state index is 11.6. The summed E-state index contributed by atoms with van der Waals surface area (Å²) in [5, 5.41) is 0. The van der Waals surface area contributed by atoms with E-state index in [0.29, 0.717) is 18.7 Å². The second-order valence-electron chi connectivity index (χ2n) is 4.94. The van der Waals surface area contributed by atoms with Crippen LogP contribution in [0.5, 0.6) is 5.75 Å². The van der Waals surface area contributed by atoms with Crippen molar-refractivity contribution < 1.29 is 14.3 Å². The molecule has 0 N–H and O–H groups in total. The van der Waals surface area contributed by atoms with Crippen LogP contribution in [-0.4, -0.2) is 31.7 Å². The average molecular weight is 379 g/mol. The van der Waals surface area contributed by atoms with Gasteiger partial charge in [0.2, 0.25) is 0 Å². The average Bonchev–Trinajstić information content (AvgIpc) is 2.55. The number of ether oxygens (including phenoxy) is 2. The molecule has 0 aliphatic heterocycles. The zero-order valence-electron chi connectivity index (χ0n) is 13.4. The Morgan fingerprint density at radius 1 is 1.30 bits per heavy atom. The van der Waals surface area contributed by atoms with Gasteiger partial charge in [-0.2, -0.15) is 0 Å². The second kappa shape index (κ2) is 7.97. The van der Waals surface area contributed by atoms with E-state index >= 15 is 0 Å². The molecule has 0 spiro atoms. The third kappa shape index (κ3) is 4.45. The minimum Gasteiger partial charge on any atom is -0.496 e. The molecule has 0 radical (unpaired) electrons. The summed E-state index contributed by atoms with van der Waals surface area (Å²) in [5.41, 5.74) is 1.49. The Morgan fingerprint density at radius 3 is 2.70 bits per heavy atom. The van der Waals surface area contributed by atoms with Gasteiger partial charge < -0.3 is 14.4 Å². The number of carbonyl (C=O) groups is 1. The predicted molar refractivity (Wildman–Crippen MR) is 93.0 cm³/mol. The van der Waals surface area contributed by atoms with E-state index in [1.165, 1.54) is 6.20 Å². The first-order valence-electron chi connectivity index (χ1n) is 7.22. The van der Waals surface area contributed by atoms with Gasteiger partial charge in [-0.25, -0.2) is 9.78 Å². The van der Waals surface area contributed by atoms with Crippen LogP contribution in [-0.2, 0) is 11.3 Å². The van der Waals surface area contributed by atoms with Crippen LogP contribution < -0.4 is 9.64 Å². The largest absolute Gasteiger partial charge is 0.496 e. The van der Waals surface area contributed by atoms with E-state index in [1.54, 1.807) is 26.2 Å². The highest BCUT2D eigenvalue weighted by molar-refractivity contribution is 9.10. The van der Waals surface area contributed by atoms with Gasteiger partial charge in [-0.05, 0) is 37.3 Å². The fourth-order valence-electron chi connectivity index (χ4n) is 2.15. The van der Waals surface area contributed by atoms with Crippen molar-refractivity contribution in [3.05, 3.63) is 52.1 Å². The minimum atomic E-state index is -0.358. The lowest BCUT2D eigenvalue weighted by Crippen LogP contribution is -2.18. The van der Waals surface area contributed by atoms with Crippen LogP contribution in [0.4, 0.5) is 5.82 Å². The quantitative estimate of drug-likeness (QED) is 0.717. The minimum absolute atomic E-state index is 0.350. The van der Waals surface area contributed by atoms with E-state index in [2.05, 4.69) is 20.9 Å². The third-order valence-corrected chi connectivity index (χ3v) is 3.79. The molecule has 0 aliphatic rings. The Morgan fingerprint density at radius 2 is 2.09 bits per heavy atom. The van der Waals surface area contributed by atoms with Crippen molar-refractivity contribution in [3.8, 4) is 5.75 Å². The molecule has 2 aromatic rings. The number of carbonyl (C=O) groups excluding carboxylic acids is 1.